The van der Waals surface area contributed by atoms with Crippen LogP contribution in [0.5, 0.6) is 0 Å². The minimum atomic E-state index is -0.410. The molecule has 0 aliphatic rings. The predicted molar refractivity (Wildman–Crippen MR) is 101 cm³/mol. The Balaban J connectivity index is 2.09. The number of fused-ring (bicyclic) bond motifs is 3. The molecule has 0 aliphatic heterocycles. The molecule has 140 valence electrons. The van der Waals surface area contributed by atoms with Gasteiger partial charge in [0.15, 0.2) is 11.2 Å². The Kier molecular flexibility index (Phi) is 3.98. The van der Waals surface area contributed by atoms with Crippen LogP contribution in [-0.2, 0) is 20.6 Å². The average molecular weight is 369 g/mol. The number of imidazole rings is 2. The second-order valence-electron chi connectivity index (χ2n) is 6.69. The highest BCUT2D eigenvalue weighted by Gasteiger charge is 2.20. The molecule has 4 aromatic rings. The van der Waals surface area contributed by atoms with Crippen molar-refractivity contribution in [3.63, 3.8) is 0 Å². The molecule has 3 heterocycles. The van der Waals surface area contributed by atoms with Crippen LogP contribution in [0.4, 0.5) is 4.39 Å². The first-order valence-corrected chi connectivity index (χ1v) is 8.87. The molecule has 0 amide bonds. The average Bonchev–Trinajstić information content (AvgIpc) is 3.20. The first kappa shape index (κ1) is 17.3. The normalized spacial score (nSPS) is 11.7. The standard InChI is InChI=1S/C19H20FN5O2/c1-4-5-10-24-14(12-6-8-13(20)9-7-12)11-25-15-16(21-18(24)25)22(2)19(27)23(3)17(15)26/h6-9,11H,4-5,10H2,1-3H3. The van der Waals surface area contributed by atoms with Gasteiger partial charge in [0.05, 0.1) is 5.69 Å². The smallest absolute Gasteiger partial charge is 0.310 e. The van der Waals surface area contributed by atoms with Crippen LogP contribution < -0.4 is 11.2 Å². The van der Waals surface area contributed by atoms with Gasteiger partial charge < -0.3 is 4.57 Å². The van der Waals surface area contributed by atoms with Crippen molar-refractivity contribution < 1.29 is 4.39 Å². The molecular formula is C19H20FN5O2. The molecule has 0 unspecified atom stereocenters. The summed E-state index contributed by atoms with van der Waals surface area (Å²) in [6.07, 6.45) is 3.76. The van der Waals surface area contributed by atoms with Gasteiger partial charge in [-0.25, -0.2) is 9.18 Å². The van der Waals surface area contributed by atoms with Gasteiger partial charge in [-0.15, -0.1) is 0 Å². The fraction of sp³-hybridized carbons (Fsp3) is 0.316. The summed E-state index contributed by atoms with van der Waals surface area (Å²) in [5.41, 5.74) is 1.60. The van der Waals surface area contributed by atoms with Crippen LogP contribution in [0.1, 0.15) is 19.8 Å². The summed E-state index contributed by atoms with van der Waals surface area (Å²) in [5.74, 6) is 0.292. The highest BCUT2D eigenvalue weighted by Crippen LogP contribution is 2.26. The molecular weight excluding hydrogens is 349 g/mol. The molecule has 7 nitrogen and oxygen atoms in total. The van der Waals surface area contributed by atoms with Crippen LogP contribution in [0.2, 0.25) is 0 Å². The summed E-state index contributed by atoms with van der Waals surface area (Å²) >= 11 is 0. The third kappa shape index (κ3) is 2.51. The first-order valence-electron chi connectivity index (χ1n) is 8.87. The van der Waals surface area contributed by atoms with Crippen molar-refractivity contribution in [2.75, 3.05) is 0 Å². The maximum absolute atomic E-state index is 13.3. The maximum Gasteiger partial charge on any atom is 0.332 e. The van der Waals surface area contributed by atoms with Crippen LogP contribution >= 0.6 is 0 Å². The van der Waals surface area contributed by atoms with Crippen LogP contribution in [0.3, 0.4) is 0 Å². The quantitative estimate of drug-likeness (QED) is 0.554. The van der Waals surface area contributed by atoms with E-state index in [-0.39, 0.29) is 11.4 Å². The van der Waals surface area contributed by atoms with Gasteiger partial charge in [0.1, 0.15) is 5.82 Å². The Morgan fingerprint density at radius 3 is 2.44 bits per heavy atom. The van der Waals surface area contributed by atoms with Crippen molar-refractivity contribution in [1.82, 2.24) is 23.1 Å². The Hall–Kier alpha value is -3.16. The number of hydrogen-bond donors (Lipinski definition) is 0. The number of aromatic nitrogens is 5. The molecule has 0 fully saturated rings. The minimum Gasteiger partial charge on any atom is -0.310 e. The topological polar surface area (TPSA) is 66.2 Å². The highest BCUT2D eigenvalue weighted by atomic mass is 19.1. The lowest BCUT2D eigenvalue weighted by Gasteiger charge is -2.08. The molecule has 0 radical (unpaired) electrons. The molecule has 8 heteroatoms. The zero-order valence-electron chi connectivity index (χ0n) is 15.4. The molecule has 0 aliphatic carbocycles. The van der Waals surface area contributed by atoms with Gasteiger partial charge in [0, 0.05) is 26.8 Å². The van der Waals surface area contributed by atoms with Crippen molar-refractivity contribution in [1.29, 1.82) is 0 Å². The van der Waals surface area contributed by atoms with Crippen LogP contribution in [0, 0.1) is 5.82 Å². The largest absolute Gasteiger partial charge is 0.332 e. The van der Waals surface area contributed by atoms with E-state index in [9.17, 15) is 14.0 Å². The van der Waals surface area contributed by atoms with E-state index in [0.717, 1.165) is 28.7 Å². The van der Waals surface area contributed by atoms with Crippen molar-refractivity contribution in [3.05, 3.63) is 57.1 Å². The Morgan fingerprint density at radius 2 is 1.78 bits per heavy atom. The molecule has 0 saturated carbocycles. The third-order valence-electron chi connectivity index (χ3n) is 4.93. The molecule has 0 atom stereocenters. The summed E-state index contributed by atoms with van der Waals surface area (Å²) in [4.78, 5) is 29.5. The van der Waals surface area contributed by atoms with E-state index in [1.54, 1.807) is 23.6 Å². The number of hydrogen-bond acceptors (Lipinski definition) is 3. The fourth-order valence-electron chi connectivity index (χ4n) is 3.40. The number of aryl methyl sites for hydroxylation is 2. The number of halogens is 1. The zero-order chi connectivity index (χ0) is 19.3. The van der Waals surface area contributed by atoms with Crippen molar-refractivity contribution in [2.24, 2.45) is 14.1 Å². The maximum atomic E-state index is 13.3. The van der Waals surface area contributed by atoms with Crippen LogP contribution in [0.25, 0.3) is 28.2 Å². The zero-order valence-corrected chi connectivity index (χ0v) is 15.4. The van der Waals surface area contributed by atoms with E-state index in [1.807, 2.05) is 10.8 Å². The first-order chi connectivity index (χ1) is 12.9. The lowest BCUT2D eigenvalue weighted by atomic mass is 10.1. The monoisotopic (exact) mass is 369 g/mol. The summed E-state index contributed by atoms with van der Waals surface area (Å²) in [6.45, 7) is 2.80. The molecule has 0 bridgehead atoms. The summed E-state index contributed by atoms with van der Waals surface area (Å²) < 4.78 is 19.5. The fourth-order valence-corrected chi connectivity index (χ4v) is 3.40. The van der Waals surface area contributed by atoms with E-state index in [2.05, 4.69) is 11.9 Å². The number of benzene rings is 1. The van der Waals surface area contributed by atoms with Gasteiger partial charge in [-0.05, 0) is 36.2 Å². The molecule has 27 heavy (non-hydrogen) atoms. The molecule has 0 N–H and O–H groups in total. The SMILES string of the molecule is CCCCn1c(-c2ccc(F)cc2)cn2c3c(=O)n(C)c(=O)n(C)c3nc12. The van der Waals surface area contributed by atoms with E-state index in [0.29, 0.717) is 23.5 Å². The predicted octanol–water partition coefficient (Wildman–Crippen LogP) is 2.29. The Labute approximate surface area is 153 Å². The van der Waals surface area contributed by atoms with Gasteiger partial charge in [-0.3, -0.25) is 18.3 Å². The Bertz CT molecular complexity index is 1270. The van der Waals surface area contributed by atoms with Crippen LogP contribution in [-0.4, -0.2) is 23.1 Å². The lowest BCUT2D eigenvalue weighted by Crippen LogP contribution is -2.37. The van der Waals surface area contributed by atoms with E-state index in [1.165, 1.54) is 23.7 Å². The number of nitrogens with zero attached hydrogens (tertiary/aromatic N) is 5. The summed E-state index contributed by atoms with van der Waals surface area (Å²) in [7, 11) is 3.06. The van der Waals surface area contributed by atoms with Crippen molar-refractivity contribution in [2.45, 2.75) is 26.3 Å². The van der Waals surface area contributed by atoms with Gasteiger partial charge >= 0.3 is 5.69 Å². The molecule has 4 rings (SSSR count). The van der Waals surface area contributed by atoms with Crippen molar-refractivity contribution >= 4 is 16.9 Å². The van der Waals surface area contributed by atoms with Crippen LogP contribution in [0.15, 0.2) is 40.1 Å². The molecule has 1 aromatic carbocycles. The second kappa shape index (κ2) is 6.22. The van der Waals surface area contributed by atoms with Gasteiger partial charge in [-0.2, -0.15) is 4.98 Å². The minimum absolute atomic E-state index is 0.301. The van der Waals surface area contributed by atoms with Gasteiger partial charge in [0.25, 0.3) is 5.56 Å². The van der Waals surface area contributed by atoms with E-state index in [4.69, 9.17) is 0 Å². The lowest BCUT2D eigenvalue weighted by molar-refractivity contribution is 0.627. The number of rotatable bonds is 4. The molecule has 0 spiro atoms. The summed E-state index contributed by atoms with van der Waals surface area (Å²) in [6, 6.07) is 6.25. The second-order valence-corrected chi connectivity index (χ2v) is 6.69. The van der Waals surface area contributed by atoms with E-state index < -0.39 is 5.69 Å². The molecule has 0 saturated heterocycles. The Morgan fingerprint density at radius 1 is 1.07 bits per heavy atom. The van der Waals surface area contributed by atoms with Crippen molar-refractivity contribution in [3.8, 4) is 11.3 Å². The highest BCUT2D eigenvalue weighted by molar-refractivity contribution is 5.78. The number of unbranched alkanes of at least 4 members (excludes halogenated alkanes) is 1. The third-order valence-corrected chi connectivity index (χ3v) is 4.93. The molecule has 3 aromatic heterocycles. The van der Waals surface area contributed by atoms with E-state index >= 15 is 0 Å². The van der Waals surface area contributed by atoms with Gasteiger partial charge in [0.2, 0.25) is 5.78 Å². The van der Waals surface area contributed by atoms with Gasteiger partial charge in [-0.1, -0.05) is 13.3 Å². The summed E-state index contributed by atoms with van der Waals surface area (Å²) in [5, 5.41) is 0.